The van der Waals surface area contributed by atoms with Gasteiger partial charge in [-0.25, -0.2) is 0 Å². The molecule has 0 saturated carbocycles. The van der Waals surface area contributed by atoms with E-state index in [0.717, 1.165) is 13.1 Å². The van der Waals surface area contributed by atoms with Gasteiger partial charge in [-0.05, 0) is 44.4 Å². The summed E-state index contributed by atoms with van der Waals surface area (Å²) in [5, 5.41) is 0. The lowest BCUT2D eigenvalue weighted by Gasteiger charge is -2.27. The monoisotopic (exact) mass is 266 g/mol. The molecule has 0 spiro atoms. The van der Waals surface area contributed by atoms with Gasteiger partial charge in [-0.3, -0.25) is 4.90 Å². The van der Waals surface area contributed by atoms with Crippen molar-refractivity contribution in [1.82, 2.24) is 4.90 Å². The van der Waals surface area contributed by atoms with Crippen LogP contribution in [0.1, 0.15) is 24.0 Å². The summed E-state index contributed by atoms with van der Waals surface area (Å²) >= 11 is 1.91. The van der Waals surface area contributed by atoms with Crippen LogP contribution in [-0.2, 0) is 6.54 Å². The first-order valence-electron chi connectivity index (χ1n) is 6.62. The Morgan fingerprint density at radius 2 is 2.17 bits per heavy atom. The second kappa shape index (κ2) is 8.57. The smallest absolute Gasteiger partial charge is 0.0234 e. The highest BCUT2D eigenvalue weighted by Gasteiger charge is 2.12. The lowest BCUT2D eigenvalue weighted by Crippen LogP contribution is -2.37. The van der Waals surface area contributed by atoms with E-state index in [1.165, 1.54) is 29.7 Å². The van der Waals surface area contributed by atoms with Gasteiger partial charge in [0.2, 0.25) is 0 Å². The third-order valence-electron chi connectivity index (χ3n) is 3.30. The van der Waals surface area contributed by atoms with Crippen molar-refractivity contribution in [2.75, 3.05) is 25.6 Å². The number of hydrogen-bond acceptors (Lipinski definition) is 3. The number of likely N-dealkylation sites (N-methyl/N-ethyl adjacent to an activating group) is 1. The van der Waals surface area contributed by atoms with E-state index >= 15 is 0 Å². The Morgan fingerprint density at radius 1 is 1.39 bits per heavy atom. The van der Waals surface area contributed by atoms with Gasteiger partial charge in [-0.15, -0.1) is 0 Å². The molecule has 0 aromatic heterocycles. The first-order valence-corrected chi connectivity index (χ1v) is 8.01. The molecule has 18 heavy (non-hydrogen) atoms. The quantitative estimate of drug-likeness (QED) is 0.734. The summed E-state index contributed by atoms with van der Waals surface area (Å²) < 4.78 is 0. The molecule has 0 radical (unpaired) electrons. The van der Waals surface area contributed by atoms with Crippen molar-refractivity contribution in [3.05, 3.63) is 35.4 Å². The van der Waals surface area contributed by atoms with Crippen molar-refractivity contribution in [3.63, 3.8) is 0 Å². The lowest BCUT2D eigenvalue weighted by molar-refractivity contribution is 0.226. The van der Waals surface area contributed by atoms with Crippen molar-refractivity contribution >= 4 is 11.8 Å². The second-order valence-corrected chi connectivity index (χ2v) is 5.91. The Kier molecular flexibility index (Phi) is 7.40. The zero-order chi connectivity index (χ0) is 13.4. The van der Waals surface area contributed by atoms with Crippen LogP contribution in [0.15, 0.2) is 24.3 Å². The van der Waals surface area contributed by atoms with E-state index in [0.29, 0.717) is 6.04 Å². The van der Waals surface area contributed by atoms with Crippen molar-refractivity contribution < 1.29 is 0 Å². The van der Waals surface area contributed by atoms with Crippen molar-refractivity contribution in [1.29, 1.82) is 0 Å². The number of thioether (sulfide) groups is 1. The summed E-state index contributed by atoms with van der Waals surface area (Å²) in [6.07, 6.45) is 4.61. The third-order valence-corrected chi connectivity index (χ3v) is 3.99. The molecule has 0 fully saturated rings. The van der Waals surface area contributed by atoms with Gasteiger partial charge in [0.1, 0.15) is 0 Å². The molecule has 0 aliphatic carbocycles. The summed E-state index contributed by atoms with van der Waals surface area (Å²) in [5.41, 5.74) is 8.59. The molecular weight excluding hydrogens is 240 g/mol. The Hall–Kier alpha value is -0.510. The van der Waals surface area contributed by atoms with Crippen LogP contribution in [0.2, 0.25) is 0 Å². The molecule has 1 unspecified atom stereocenters. The highest BCUT2D eigenvalue weighted by atomic mass is 32.2. The molecule has 1 aromatic rings. The van der Waals surface area contributed by atoms with E-state index in [1.54, 1.807) is 0 Å². The fraction of sp³-hybridized carbons (Fsp3) is 0.600. The average Bonchev–Trinajstić information content (AvgIpc) is 2.34. The number of nitrogens with two attached hydrogens (primary N) is 1. The number of hydrogen-bond donors (Lipinski definition) is 1. The topological polar surface area (TPSA) is 29.3 Å². The summed E-state index contributed by atoms with van der Waals surface area (Å²) in [5.74, 6) is 1.23. The van der Waals surface area contributed by atoms with E-state index in [4.69, 9.17) is 5.73 Å². The first-order chi connectivity index (χ1) is 8.67. The minimum Gasteiger partial charge on any atom is -0.329 e. The highest BCUT2D eigenvalue weighted by Crippen LogP contribution is 2.12. The fourth-order valence-electron chi connectivity index (χ4n) is 2.21. The molecule has 102 valence electrons. The van der Waals surface area contributed by atoms with Crippen LogP contribution in [0, 0.1) is 6.92 Å². The Labute approximate surface area is 116 Å². The molecule has 0 heterocycles. The molecule has 0 aliphatic rings. The van der Waals surface area contributed by atoms with Gasteiger partial charge < -0.3 is 5.73 Å². The van der Waals surface area contributed by atoms with Gasteiger partial charge in [-0.1, -0.05) is 29.8 Å². The molecule has 3 heteroatoms. The van der Waals surface area contributed by atoms with E-state index in [1.807, 2.05) is 11.8 Å². The average molecular weight is 266 g/mol. The van der Waals surface area contributed by atoms with Gasteiger partial charge in [0.15, 0.2) is 0 Å². The largest absolute Gasteiger partial charge is 0.329 e. The van der Waals surface area contributed by atoms with Crippen LogP contribution in [0.25, 0.3) is 0 Å². The molecular formula is C15H26N2S. The molecule has 1 aromatic carbocycles. The Balaban J connectivity index is 2.48. The molecule has 1 atom stereocenters. The van der Waals surface area contributed by atoms with Gasteiger partial charge >= 0.3 is 0 Å². The van der Waals surface area contributed by atoms with Gasteiger partial charge in [-0.2, -0.15) is 11.8 Å². The zero-order valence-corrected chi connectivity index (χ0v) is 12.7. The van der Waals surface area contributed by atoms with Crippen LogP contribution in [0.4, 0.5) is 0 Å². The Morgan fingerprint density at radius 3 is 2.78 bits per heavy atom. The van der Waals surface area contributed by atoms with Crippen LogP contribution < -0.4 is 5.73 Å². The zero-order valence-electron chi connectivity index (χ0n) is 11.9. The maximum atomic E-state index is 5.89. The van der Waals surface area contributed by atoms with E-state index < -0.39 is 0 Å². The molecule has 0 bridgehead atoms. The van der Waals surface area contributed by atoms with E-state index in [9.17, 15) is 0 Å². The molecule has 2 nitrogen and oxygen atoms in total. The maximum absolute atomic E-state index is 5.89. The van der Waals surface area contributed by atoms with Crippen LogP contribution in [-0.4, -0.2) is 36.5 Å². The van der Waals surface area contributed by atoms with Crippen molar-refractivity contribution in [3.8, 4) is 0 Å². The predicted molar refractivity (Wildman–Crippen MR) is 83.1 cm³/mol. The van der Waals surface area contributed by atoms with E-state index in [-0.39, 0.29) is 0 Å². The molecule has 0 saturated heterocycles. The number of aryl methyl sites for hydroxylation is 1. The fourth-order valence-corrected chi connectivity index (χ4v) is 2.66. The summed E-state index contributed by atoms with van der Waals surface area (Å²) in [7, 11) is 2.18. The molecule has 0 aliphatic heterocycles. The SMILES string of the molecule is CSCCCC(CN)N(C)Cc1cccc(C)c1. The number of benzene rings is 1. The summed E-state index contributed by atoms with van der Waals surface area (Å²) in [6, 6.07) is 9.22. The van der Waals surface area contributed by atoms with Crippen molar-refractivity contribution in [2.24, 2.45) is 5.73 Å². The number of rotatable bonds is 8. The predicted octanol–water partition coefficient (Wildman–Crippen LogP) is 2.90. The maximum Gasteiger partial charge on any atom is 0.0234 e. The normalized spacial score (nSPS) is 12.9. The van der Waals surface area contributed by atoms with Gasteiger partial charge in [0, 0.05) is 19.1 Å². The number of nitrogens with zero attached hydrogens (tertiary/aromatic N) is 1. The summed E-state index contributed by atoms with van der Waals surface area (Å²) in [6.45, 7) is 3.88. The highest BCUT2D eigenvalue weighted by molar-refractivity contribution is 7.98. The van der Waals surface area contributed by atoms with Crippen LogP contribution in [0.3, 0.4) is 0 Å². The second-order valence-electron chi connectivity index (χ2n) is 4.93. The van der Waals surface area contributed by atoms with Gasteiger partial charge in [0.05, 0.1) is 0 Å². The standard InChI is InChI=1S/C15H26N2S/c1-13-6-4-7-14(10-13)12-17(2)15(11-16)8-5-9-18-3/h4,6-7,10,15H,5,8-9,11-12,16H2,1-3H3. The van der Waals surface area contributed by atoms with Crippen LogP contribution in [0.5, 0.6) is 0 Å². The summed E-state index contributed by atoms with van der Waals surface area (Å²) in [4.78, 5) is 2.38. The van der Waals surface area contributed by atoms with Crippen molar-refractivity contribution in [2.45, 2.75) is 32.4 Å². The van der Waals surface area contributed by atoms with Gasteiger partial charge in [0.25, 0.3) is 0 Å². The minimum atomic E-state index is 0.498. The third kappa shape index (κ3) is 5.42. The molecule has 0 amide bonds. The van der Waals surface area contributed by atoms with Crippen LogP contribution >= 0.6 is 11.8 Å². The Bertz CT molecular complexity index is 341. The lowest BCUT2D eigenvalue weighted by atomic mass is 10.1. The minimum absolute atomic E-state index is 0.498. The first kappa shape index (κ1) is 15.5. The molecule has 2 N–H and O–H groups in total. The van der Waals surface area contributed by atoms with E-state index in [2.05, 4.69) is 49.4 Å². The molecule has 1 rings (SSSR count).